The SMILES string of the molecule is COCc1c2c(nc3sc4c(=O)n(Cc5ccc(OC)cc5OC)cnc4c13)CC(C)(C)OC2. The number of nitrogens with zero attached hydrogens (tertiary/aromatic N) is 3. The van der Waals surface area contributed by atoms with Crippen molar-refractivity contribution in [3.63, 3.8) is 0 Å². The molecule has 4 heterocycles. The smallest absolute Gasteiger partial charge is 0.271 e. The van der Waals surface area contributed by atoms with Crippen molar-refractivity contribution in [1.82, 2.24) is 14.5 Å². The van der Waals surface area contributed by atoms with Gasteiger partial charge in [0.15, 0.2) is 0 Å². The monoisotopic (exact) mass is 481 g/mol. The number of pyridine rings is 1. The van der Waals surface area contributed by atoms with Crippen LogP contribution in [0.2, 0.25) is 0 Å². The minimum atomic E-state index is -0.281. The summed E-state index contributed by atoms with van der Waals surface area (Å²) in [5, 5.41) is 0.884. The van der Waals surface area contributed by atoms with Crippen molar-refractivity contribution in [3.05, 3.63) is 57.3 Å². The molecule has 0 unspecified atom stereocenters. The van der Waals surface area contributed by atoms with Gasteiger partial charge in [-0.15, -0.1) is 11.3 Å². The molecule has 8 nitrogen and oxygen atoms in total. The highest BCUT2D eigenvalue weighted by atomic mass is 32.1. The fourth-order valence-electron chi connectivity index (χ4n) is 4.48. The Morgan fingerprint density at radius 3 is 2.76 bits per heavy atom. The van der Waals surface area contributed by atoms with E-state index < -0.39 is 0 Å². The predicted octanol–water partition coefficient (Wildman–Crippen LogP) is 4.07. The van der Waals surface area contributed by atoms with Crippen LogP contribution in [0.3, 0.4) is 0 Å². The number of rotatable bonds is 6. The molecule has 1 aliphatic heterocycles. The van der Waals surface area contributed by atoms with Crippen molar-refractivity contribution in [1.29, 1.82) is 0 Å². The number of hydrogen-bond donors (Lipinski definition) is 0. The second-order valence-corrected chi connectivity index (χ2v) is 9.99. The van der Waals surface area contributed by atoms with Crippen LogP contribution >= 0.6 is 11.3 Å². The summed E-state index contributed by atoms with van der Waals surface area (Å²) in [5.74, 6) is 1.35. The van der Waals surface area contributed by atoms with Crippen LogP contribution in [-0.4, -0.2) is 41.5 Å². The Balaban J connectivity index is 1.65. The van der Waals surface area contributed by atoms with Crippen LogP contribution in [0.1, 0.15) is 36.2 Å². The van der Waals surface area contributed by atoms with Crippen LogP contribution in [0.15, 0.2) is 29.3 Å². The van der Waals surface area contributed by atoms with Gasteiger partial charge in [0.1, 0.15) is 21.0 Å². The molecule has 0 spiro atoms. The maximum atomic E-state index is 13.5. The first-order valence-electron chi connectivity index (χ1n) is 11.0. The lowest BCUT2D eigenvalue weighted by Gasteiger charge is -2.32. The molecule has 1 aliphatic rings. The summed E-state index contributed by atoms with van der Waals surface area (Å²) in [4.78, 5) is 24.0. The number of methoxy groups -OCH3 is 3. The molecule has 4 aromatic rings. The highest BCUT2D eigenvalue weighted by molar-refractivity contribution is 7.25. The van der Waals surface area contributed by atoms with Gasteiger partial charge in [0.25, 0.3) is 5.56 Å². The quantitative estimate of drug-likeness (QED) is 0.410. The lowest BCUT2D eigenvalue weighted by molar-refractivity contribution is -0.0419. The lowest BCUT2D eigenvalue weighted by Crippen LogP contribution is -2.33. The Hall–Kier alpha value is -3.01. The fraction of sp³-hybridized carbons (Fsp3) is 0.400. The topological polar surface area (TPSA) is 84.7 Å². The maximum absolute atomic E-state index is 13.5. The lowest BCUT2D eigenvalue weighted by atomic mass is 9.92. The largest absolute Gasteiger partial charge is 0.497 e. The van der Waals surface area contributed by atoms with E-state index >= 15 is 0 Å². The zero-order chi connectivity index (χ0) is 24.0. The molecule has 178 valence electrons. The Morgan fingerprint density at radius 2 is 2.03 bits per heavy atom. The Morgan fingerprint density at radius 1 is 1.21 bits per heavy atom. The highest BCUT2D eigenvalue weighted by Gasteiger charge is 2.31. The van der Waals surface area contributed by atoms with Gasteiger partial charge >= 0.3 is 0 Å². The first kappa shape index (κ1) is 22.8. The van der Waals surface area contributed by atoms with Gasteiger partial charge in [0.2, 0.25) is 0 Å². The fourth-order valence-corrected chi connectivity index (χ4v) is 5.60. The van der Waals surface area contributed by atoms with Gasteiger partial charge in [0.05, 0.1) is 57.1 Å². The molecule has 0 radical (unpaired) electrons. The summed E-state index contributed by atoms with van der Waals surface area (Å²) in [6, 6.07) is 5.55. The van der Waals surface area contributed by atoms with Gasteiger partial charge in [0, 0.05) is 36.1 Å². The first-order chi connectivity index (χ1) is 16.3. The minimum absolute atomic E-state index is 0.108. The number of ether oxygens (including phenoxy) is 4. The summed E-state index contributed by atoms with van der Waals surface area (Å²) in [6.45, 7) is 5.34. The maximum Gasteiger partial charge on any atom is 0.271 e. The molecule has 9 heteroatoms. The summed E-state index contributed by atoms with van der Waals surface area (Å²) < 4.78 is 24.6. The third kappa shape index (κ3) is 3.83. The molecule has 0 aliphatic carbocycles. The van der Waals surface area contributed by atoms with Gasteiger partial charge in [-0.1, -0.05) is 0 Å². The van der Waals surface area contributed by atoms with Crippen molar-refractivity contribution in [2.75, 3.05) is 21.3 Å². The Labute approximate surface area is 201 Å². The van der Waals surface area contributed by atoms with Gasteiger partial charge in [-0.25, -0.2) is 9.97 Å². The standard InChI is InChI=1S/C25H27N3O5S/c1-25(2)9-18-16(12-33-25)17(11-30-3)20-21-22(34-23(20)27-18)24(29)28(13-26-21)10-14-6-7-15(31-4)8-19(14)32-5/h6-8,13H,9-12H2,1-5H3. The molecule has 0 saturated carbocycles. The van der Waals surface area contributed by atoms with Crippen molar-refractivity contribution in [2.45, 2.75) is 45.6 Å². The van der Waals surface area contributed by atoms with Gasteiger partial charge < -0.3 is 18.9 Å². The molecule has 5 rings (SSSR count). The van der Waals surface area contributed by atoms with Crippen molar-refractivity contribution >= 4 is 31.8 Å². The van der Waals surface area contributed by atoms with Gasteiger partial charge in [-0.2, -0.15) is 0 Å². The van der Waals surface area contributed by atoms with Crippen LogP contribution in [0.25, 0.3) is 20.4 Å². The van der Waals surface area contributed by atoms with E-state index in [9.17, 15) is 4.79 Å². The molecule has 0 amide bonds. The first-order valence-corrected chi connectivity index (χ1v) is 11.8. The third-order valence-corrected chi connectivity index (χ3v) is 7.28. The second kappa shape index (κ2) is 8.65. The van der Waals surface area contributed by atoms with Crippen LogP contribution in [0.4, 0.5) is 0 Å². The molecule has 0 atom stereocenters. The number of thiophene rings is 1. The van der Waals surface area contributed by atoms with E-state index in [1.807, 2.05) is 12.1 Å². The minimum Gasteiger partial charge on any atom is -0.497 e. The number of aromatic nitrogens is 3. The molecule has 0 N–H and O–H groups in total. The molecular weight excluding hydrogens is 454 g/mol. The average Bonchev–Trinajstić information content (AvgIpc) is 3.19. The molecule has 1 aromatic carbocycles. The molecule has 0 saturated heterocycles. The number of hydrogen-bond acceptors (Lipinski definition) is 8. The van der Waals surface area contributed by atoms with Crippen LogP contribution in [-0.2, 0) is 35.7 Å². The van der Waals surface area contributed by atoms with E-state index in [0.29, 0.717) is 47.9 Å². The highest BCUT2D eigenvalue weighted by Crippen LogP contribution is 2.38. The van der Waals surface area contributed by atoms with Gasteiger partial charge in [-0.05, 0) is 31.5 Å². The molecule has 0 bridgehead atoms. The zero-order valence-electron chi connectivity index (χ0n) is 19.9. The van der Waals surface area contributed by atoms with Crippen molar-refractivity contribution in [3.8, 4) is 11.5 Å². The Kier molecular flexibility index (Phi) is 5.79. The summed E-state index contributed by atoms with van der Waals surface area (Å²) >= 11 is 1.39. The van der Waals surface area contributed by atoms with E-state index in [2.05, 4.69) is 13.8 Å². The van der Waals surface area contributed by atoms with E-state index in [0.717, 1.165) is 32.6 Å². The normalized spacial score (nSPS) is 15.0. The molecule has 0 fully saturated rings. The van der Waals surface area contributed by atoms with Crippen LogP contribution in [0.5, 0.6) is 11.5 Å². The van der Waals surface area contributed by atoms with Crippen molar-refractivity contribution in [2.24, 2.45) is 0 Å². The summed E-state index contributed by atoms with van der Waals surface area (Å²) in [6.07, 6.45) is 2.30. The van der Waals surface area contributed by atoms with E-state index in [-0.39, 0.29) is 11.2 Å². The van der Waals surface area contributed by atoms with Gasteiger partial charge in [-0.3, -0.25) is 9.36 Å². The molecule has 3 aromatic heterocycles. The van der Waals surface area contributed by atoms with E-state index in [4.69, 9.17) is 28.9 Å². The van der Waals surface area contributed by atoms with Crippen molar-refractivity contribution < 1.29 is 18.9 Å². The summed E-state index contributed by atoms with van der Waals surface area (Å²) in [7, 11) is 4.88. The number of benzene rings is 1. The van der Waals surface area contributed by atoms with Crippen LogP contribution < -0.4 is 15.0 Å². The molecular formula is C25H27N3O5S. The van der Waals surface area contributed by atoms with E-state index in [1.165, 1.54) is 11.3 Å². The number of fused-ring (bicyclic) bond motifs is 4. The average molecular weight is 482 g/mol. The zero-order valence-corrected chi connectivity index (χ0v) is 20.7. The Bertz CT molecular complexity index is 1460. The third-order valence-electron chi connectivity index (χ3n) is 6.22. The predicted molar refractivity (Wildman–Crippen MR) is 131 cm³/mol. The van der Waals surface area contributed by atoms with Crippen LogP contribution in [0, 0.1) is 0 Å². The van der Waals surface area contributed by atoms with E-state index in [1.54, 1.807) is 38.3 Å². The second-order valence-electron chi connectivity index (χ2n) is 8.99. The molecule has 34 heavy (non-hydrogen) atoms. The summed E-state index contributed by atoms with van der Waals surface area (Å²) in [5.41, 5.74) is 4.19.